The summed E-state index contributed by atoms with van der Waals surface area (Å²) in [7, 11) is 0. The zero-order chi connectivity index (χ0) is 76.1. The smallest absolute Gasteiger partial charge is 0.303 e. The largest absolute Gasteiger partial charge is 0.506 e. The van der Waals surface area contributed by atoms with Gasteiger partial charge in [0.1, 0.15) is 72.0 Å². The second kappa shape index (κ2) is 34.9. The number of hydrogen-bond acceptors (Lipinski definition) is 27. The predicted molar refractivity (Wildman–Crippen MR) is 378 cm³/mol. The number of carbonyl (C=O) groups is 10. The molecular weight excluding hydrogens is 1750 g/mol. The highest BCUT2D eigenvalue weighted by Gasteiger charge is 2.52. The fourth-order valence-electron chi connectivity index (χ4n) is 11.6. The highest BCUT2D eigenvalue weighted by atomic mass is 79.9. The molecule has 6 aromatic rings. The van der Waals surface area contributed by atoms with Gasteiger partial charge in [0.15, 0.2) is 18.3 Å². The van der Waals surface area contributed by atoms with Crippen LogP contribution in [-0.4, -0.2) is 187 Å². The number of phenolic OH excluding ortho intramolecular Hbond substituents is 2. The first-order chi connectivity index (χ1) is 47.7. The first kappa shape index (κ1) is 82.5. The first-order valence-electron chi connectivity index (χ1n) is 31.0. The summed E-state index contributed by atoms with van der Waals surface area (Å²) in [6.07, 6.45) is -7.72. The van der Waals surface area contributed by atoms with Crippen molar-refractivity contribution >= 4 is 188 Å². The number of carbonyl (C=O) groups excluding carboxylic acids is 10. The molecule has 15 atom stereocenters. The maximum atomic E-state index is 12.3. The van der Waals surface area contributed by atoms with Crippen LogP contribution < -0.4 is 14.2 Å². The highest BCUT2D eigenvalue weighted by molar-refractivity contribution is 9.12. The molecule has 3 aliphatic rings. The van der Waals surface area contributed by atoms with Crippen LogP contribution in [0.1, 0.15) is 110 Å². The van der Waals surface area contributed by atoms with E-state index in [1.54, 1.807) is 39.1 Å². The van der Waals surface area contributed by atoms with Crippen LogP contribution in [0.3, 0.4) is 0 Å². The van der Waals surface area contributed by atoms with E-state index in [0.29, 0.717) is 51.9 Å². The lowest BCUT2D eigenvalue weighted by molar-refractivity contribution is -0.267. The lowest BCUT2D eigenvalue weighted by atomic mass is 9.92. The maximum absolute atomic E-state index is 12.3. The summed E-state index contributed by atoms with van der Waals surface area (Å²) < 4.78 is 80.7. The van der Waals surface area contributed by atoms with Gasteiger partial charge in [-0.25, -0.2) is 0 Å². The predicted octanol–water partition coefficient (Wildman–Crippen LogP) is 10.6. The Balaban J connectivity index is 0.000000215. The molecule has 0 aliphatic carbocycles. The third-order valence-electron chi connectivity index (χ3n) is 16.2. The van der Waals surface area contributed by atoms with E-state index in [4.69, 9.17) is 61.6 Å². The molecule has 4 N–H and O–H groups in total. The summed E-state index contributed by atoms with van der Waals surface area (Å²) in [4.78, 5) is 119. The zero-order valence-corrected chi connectivity index (χ0v) is 66.5. The Labute approximate surface area is 633 Å². The van der Waals surface area contributed by atoms with E-state index in [0.717, 1.165) is 14.5 Å². The lowest BCUT2D eigenvalue weighted by Gasteiger charge is -2.43. The summed E-state index contributed by atoms with van der Waals surface area (Å²) in [6, 6.07) is 4.96. The summed E-state index contributed by atoms with van der Waals surface area (Å²) in [6.45, 7) is 18.3. The van der Waals surface area contributed by atoms with Gasteiger partial charge >= 0.3 is 41.8 Å². The Morgan fingerprint density at radius 1 is 0.402 bits per heavy atom. The van der Waals surface area contributed by atoms with Gasteiger partial charge in [0.2, 0.25) is 36.6 Å². The summed E-state index contributed by atoms with van der Waals surface area (Å²) in [5, 5.41) is 42.0. The number of aromatic nitrogens is 3. The highest BCUT2D eigenvalue weighted by Crippen LogP contribution is 2.48. The molecule has 30 nitrogen and oxygen atoms in total. The van der Waals surface area contributed by atoms with Crippen molar-refractivity contribution in [3.63, 3.8) is 0 Å². The molecule has 0 radical (unpaired) electrons. The average Bonchev–Trinajstić information content (AvgIpc) is 1.58. The van der Waals surface area contributed by atoms with Gasteiger partial charge in [0.25, 0.3) is 0 Å². The number of rotatable bonds is 16. The lowest BCUT2D eigenvalue weighted by Crippen LogP contribution is -2.59. The van der Waals surface area contributed by atoms with E-state index in [2.05, 4.69) is 95.6 Å². The summed E-state index contributed by atoms with van der Waals surface area (Å²) >= 11 is 20.3. The quantitative estimate of drug-likeness (QED) is 0.0516. The van der Waals surface area contributed by atoms with Crippen molar-refractivity contribution in [2.45, 2.75) is 171 Å². The van der Waals surface area contributed by atoms with Crippen molar-refractivity contribution in [2.75, 3.05) is 19.8 Å². The number of esters is 7. The number of benzene rings is 3. The minimum Gasteiger partial charge on any atom is -0.506 e. The molecule has 3 aromatic carbocycles. The molecule has 0 unspecified atom stereocenters. The molecular formula is C66H73Br6N3O27. The Kier molecular flexibility index (Phi) is 28.2. The SMILES string of the molecule is CC(=O)OC[C@H]1O[C@@H](Oc2cn(C(C)=O)c3cc(Br)c(O)c(Br)c23)[C@H](C)[C@@H](OC(C)=O)[C@@H]1OC(C)=O.CC(=O)O[C@@H]1[C@@H](C)[C@H](Oc2cn(C(C)=O)c3cc(Br)c(C)c(Br)c23)O[C@H](CO)[C@H]1OC(C)=O.CC(=O)O[C@@H]1[C@@H](C)[C@H](Oc2cn(C(C)=O)c3cc(Br)c(O)c(Br)c23)O[C@H](CO)[C@H]1OC(C)=O. The molecule has 3 fully saturated rings. The molecule has 0 bridgehead atoms. The second-order valence-corrected chi connectivity index (χ2v) is 28.8. The van der Waals surface area contributed by atoms with Crippen LogP contribution >= 0.6 is 95.6 Å². The van der Waals surface area contributed by atoms with Gasteiger partial charge in [-0.1, -0.05) is 36.7 Å². The van der Waals surface area contributed by atoms with Gasteiger partial charge in [0.05, 0.1) is 100 Å². The minimum atomic E-state index is -1.09. The molecule has 6 heterocycles. The Morgan fingerprint density at radius 3 is 0.941 bits per heavy atom. The Morgan fingerprint density at radius 2 is 0.667 bits per heavy atom. The molecule has 3 aliphatic heterocycles. The topological polar surface area (TPSA) is 386 Å². The Hall–Kier alpha value is -6.74. The minimum absolute atomic E-state index is 0.0905. The molecule has 9 rings (SSSR count). The molecule has 556 valence electrons. The van der Waals surface area contributed by atoms with E-state index in [1.807, 2.05) is 13.0 Å². The average molecular weight is 1820 g/mol. The van der Waals surface area contributed by atoms with E-state index >= 15 is 0 Å². The summed E-state index contributed by atoms with van der Waals surface area (Å²) in [5.41, 5.74) is 2.44. The number of nitrogens with zero attached hydrogens (tertiary/aromatic N) is 3. The number of phenols is 2. The summed E-state index contributed by atoms with van der Waals surface area (Å²) in [5.74, 6) is -6.40. The van der Waals surface area contributed by atoms with Gasteiger partial charge in [-0.2, -0.15) is 0 Å². The molecule has 0 saturated carbocycles. The number of fused-ring (bicyclic) bond motifs is 3. The molecule has 0 spiro atoms. The van der Waals surface area contributed by atoms with Crippen LogP contribution in [-0.2, 0) is 80.9 Å². The second-order valence-electron chi connectivity index (χ2n) is 23.8. The van der Waals surface area contributed by atoms with Crippen molar-refractivity contribution in [1.82, 2.24) is 13.7 Å². The van der Waals surface area contributed by atoms with Gasteiger partial charge in [0, 0.05) is 78.2 Å². The van der Waals surface area contributed by atoms with Crippen molar-refractivity contribution in [2.24, 2.45) is 17.8 Å². The molecule has 0 amide bonds. The van der Waals surface area contributed by atoms with Crippen LogP contribution in [0.25, 0.3) is 32.7 Å². The fraction of sp³-hybridized carbons (Fsp3) is 0.485. The van der Waals surface area contributed by atoms with Gasteiger partial charge in [-0.3, -0.25) is 61.6 Å². The normalized spacial score (nSPS) is 24.5. The number of aromatic hydroxyl groups is 2. The van der Waals surface area contributed by atoms with Crippen molar-refractivity contribution in [3.05, 3.63) is 69.2 Å². The molecule has 3 aromatic heterocycles. The standard InChI is InChI=1S/C23H25Br2NO10.C22H25Br2NO8.C21H23Br2NO9/c1-9-21(33-12(4)29)22(34-13(5)30)17(8-32-11(3)28)36-23(9)35-16-7-26(10(2)27)15-6-14(24)20(31)19(25)18(15)16;1-9-14(23)6-15-18(19(9)24)16(7-25(15)11(3)27)32-22-10(2)20(30-12(4)28)21(31-13(5)29)17(8-26)33-22;1-8-19(30-10(3)27)20(31-11(4)28)15(7-25)33-21(8)32-14-6-24(9(2)26)13-5-12(22)18(29)17(23)16(13)14/h6-7,9,17,21-23,31H,8H2,1-5H3;6-7,10,17,20-22,26H,8H2,1-5H3;5-6,8,15,19-21,25,29H,7H2,1-4H3/t9-,17-,21-,22-,23-;10-,17-,20-,21-,22-;8-,15-,19-,20-,21-/m111/s1. The van der Waals surface area contributed by atoms with Crippen molar-refractivity contribution in [3.8, 4) is 28.7 Å². The Bertz CT molecular complexity index is 4070. The number of aliphatic hydroxyl groups is 2. The van der Waals surface area contributed by atoms with Gasteiger partial charge in [-0.15, -0.1) is 0 Å². The van der Waals surface area contributed by atoms with E-state index in [-0.39, 0.29) is 51.8 Å². The monoisotopic (exact) mass is 1810 g/mol. The number of halogens is 6. The van der Waals surface area contributed by atoms with Crippen LogP contribution in [0, 0.1) is 24.7 Å². The van der Waals surface area contributed by atoms with E-state index < -0.39 is 147 Å². The van der Waals surface area contributed by atoms with Crippen LogP contribution in [0.2, 0.25) is 0 Å². The van der Waals surface area contributed by atoms with Gasteiger partial charge in [-0.05, 0) is 110 Å². The maximum Gasteiger partial charge on any atom is 0.303 e. The van der Waals surface area contributed by atoms with E-state index in [1.165, 1.54) is 95.3 Å². The fourth-order valence-corrected chi connectivity index (χ4v) is 15.5. The third kappa shape index (κ3) is 18.7. The molecule has 102 heavy (non-hydrogen) atoms. The van der Waals surface area contributed by atoms with Crippen LogP contribution in [0.4, 0.5) is 0 Å². The molecule has 36 heteroatoms. The van der Waals surface area contributed by atoms with E-state index in [9.17, 15) is 68.4 Å². The molecule has 3 saturated heterocycles. The van der Waals surface area contributed by atoms with Gasteiger partial charge < -0.3 is 82.0 Å². The number of hydrogen-bond donors (Lipinski definition) is 4. The first-order valence-corrected chi connectivity index (χ1v) is 35.8. The van der Waals surface area contributed by atoms with Crippen LogP contribution in [0.15, 0.2) is 63.6 Å². The van der Waals surface area contributed by atoms with Crippen molar-refractivity contribution in [1.29, 1.82) is 0 Å². The van der Waals surface area contributed by atoms with Crippen LogP contribution in [0.5, 0.6) is 28.7 Å². The number of ether oxygens (including phenoxy) is 13. The third-order valence-corrected chi connectivity index (χ3v) is 20.8. The van der Waals surface area contributed by atoms with Crippen molar-refractivity contribution < 1.29 is 130 Å². The zero-order valence-electron chi connectivity index (χ0n) is 57.0. The number of aliphatic hydroxyl groups excluding tert-OH is 2.